The fraction of sp³-hybridized carbons (Fsp3) is 0.0476. The Kier molecular flexibility index (Phi) is 4.45. The summed E-state index contributed by atoms with van der Waals surface area (Å²) in [6.45, 7) is 3.77. The van der Waals surface area contributed by atoms with Crippen LogP contribution in [0.1, 0.15) is 5.56 Å². The molecule has 2 N–H and O–H groups in total. The number of aromatic nitrogens is 1. The zero-order valence-corrected chi connectivity index (χ0v) is 14.6. The van der Waals surface area contributed by atoms with Crippen molar-refractivity contribution < 1.29 is 9.53 Å². The summed E-state index contributed by atoms with van der Waals surface area (Å²) in [5.74, 6) is 2.77. The number of amidine groups is 1. The number of fused-ring (bicyclic) bond motifs is 1. The van der Waals surface area contributed by atoms with Gasteiger partial charge in [-0.3, -0.25) is 9.69 Å². The molecule has 1 amide bonds. The first-order chi connectivity index (χ1) is 13.2. The lowest BCUT2D eigenvalue weighted by Crippen LogP contribution is -2.35. The molecule has 0 saturated carbocycles. The maximum absolute atomic E-state index is 12.0. The van der Waals surface area contributed by atoms with Gasteiger partial charge in [0.15, 0.2) is 0 Å². The predicted molar refractivity (Wildman–Crippen MR) is 106 cm³/mol. The fourth-order valence-electron chi connectivity index (χ4n) is 2.84. The second-order valence-corrected chi connectivity index (χ2v) is 5.92. The average molecular weight is 358 g/mol. The van der Waals surface area contributed by atoms with E-state index in [9.17, 15) is 4.79 Å². The highest BCUT2D eigenvalue weighted by Crippen LogP contribution is 2.26. The molecule has 0 spiro atoms. The number of rotatable bonds is 4. The fourth-order valence-corrected chi connectivity index (χ4v) is 2.84. The zero-order chi connectivity index (χ0) is 18.6. The molecule has 3 aromatic rings. The molecule has 0 radical (unpaired) electrons. The molecule has 27 heavy (non-hydrogen) atoms. The summed E-state index contributed by atoms with van der Waals surface area (Å²) in [7, 11) is 0. The van der Waals surface area contributed by atoms with Crippen molar-refractivity contribution in [1.82, 2.24) is 4.98 Å². The smallest absolute Gasteiger partial charge is 0.253 e. The first-order valence-electron chi connectivity index (χ1n) is 8.51. The van der Waals surface area contributed by atoms with E-state index in [0.29, 0.717) is 11.7 Å². The number of ether oxygens (including phenoxy) is 1. The lowest BCUT2D eigenvalue weighted by molar-refractivity contribution is -0.114. The summed E-state index contributed by atoms with van der Waals surface area (Å²) < 4.78 is 5.80. The van der Waals surface area contributed by atoms with Crippen LogP contribution in [-0.4, -0.2) is 23.4 Å². The lowest BCUT2D eigenvalue weighted by Gasteiger charge is -2.25. The summed E-state index contributed by atoms with van der Waals surface area (Å²) >= 11 is 0. The molecule has 0 atom stereocenters. The van der Waals surface area contributed by atoms with Gasteiger partial charge in [0.25, 0.3) is 5.91 Å². The highest BCUT2D eigenvalue weighted by atomic mass is 16.5. The van der Waals surface area contributed by atoms with E-state index in [2.05, 4.69) is 21.9 Å². The van der Waals surface area contributed by atoms with Crippen LogP contribution < -0.4 is 15.0 Å². The minimum atomic E-state index is -0.191. The molecule has 0 saturated heterocycles. The molecular formula is C21H18N4O2. The van der Waals surface area contributed by atoms with Gasteiger partial charge in [0.2, 0.25) is 0 Å². The minimum absolute atomic E-state index is 0.191. The molecule has 1 aliphatic rings. The first kappa shape index (κ1) is 16.7. The standard InChI is InChI=1S/C21H18N4O2/c1-2-19(26)25-14-23-20(18-12-13-22-21(18)25)24-15-8-10-17(11-9-15)27-16-6-4-3-5-7-16/h2-13,22H,1,14H2,(H,23,24). The molecule has 4 rings (SSSR count). The number of para-hydroxylation sites is 1. The van der Waals surface area contributed by atoms with Crippen molar-refractivity contribution in [2.45, 2.75) is 0 Å². The number of aromatic amines is 1. The summed E-state index contributed by atoms with van der Waals surface area (Å²) in [4.78, 5) is 21.1. The molecule has 1 aliphatic heterocycles. The Labute approximate surface area is 156 Å². The summed E-state index contributed by atoms with van der Waals surface area (Å²) in [6.07, 6.45) is 3.07. The third kappa shape index (κ3) is 3.46. The van der Waals surface area contributed by atoms with E-state index in [1.807, 2.05) is 60.7 Å². The summed E-state index contributed by atoms with van der Waals surface area (Å²) in [5, 5.41) is 3.30. The molecule has 0 aliphatic carbocycles. The number of carbonyl (C=O) groups is 1. The van der Waals surface area contributed by atoms with Crippen LogP contribution in [0, 0.1) is 0 Å². The van der Waals surface area contributed by atoms with E-state index in [4.69, 9.17) is 4.74 Å². The SMILES string of the molecule is C=CC(=O)N1CN=C(Nc2ccc(Oc3ccccc3)cc2)c2cc[nH]c21. The molecule has 2 aromatic carbocycles. The van der Waals surface area contributed by atoms with Crippen molar-refractivity contribution in [1.29, 1.82) is 0 Å². The Morgan fingerprint density at radius 3 is 2.59 bits per heavy atom. The van der Waals surface area contributed by atoms with Crippen LogP contribution in [0.4, 0.5) is 11.5 Å². The van der Waals surface area contributed by atoms with Gasteiger partial charge in [0.05, 0.1) is 5.56 Å². The van der Waals surface area contributed by atoms with Crippen LogP contribution in [-0.2, 0) is 4.79 Å². The van der Waals surface area contributed by atoms with Crippen molar-refractivity contribution in [3.63, 3.8) is 0 Å². The van der Waals surface area contributed by atoms with Gasteiger partial charge in [-0.15, -0.1) is 0 Å². The van der Waals surface area contributed by atoms with E-state index >= 15 is 0 Å². The molecule has 6 nitrogen and oxygen atoms in total. The number of aliphatic imine (C=N–C) groups is 1. The monoisotopic (exact) mass is 358 g/mol. The number of H-pyrrole nitrogens is 1. The number of nitrogens with one attached hydrogen (secondary N) is 2. The lowest BCUT2D eigenvalue weighted by atomic mass is 10.2. The average Bonchev–Trinajstić information content (AvgIpc) is 3.20. The number of benzene rings is 2. The topological polar surface area (TPSA) is 69.7 Å². The van der Waals surface area contributed by atoms with Crippen LogP contribution in [0.25, 0.3) is 0 Å². The first-order valence-corrected chi connectivity index (χ1v) is 8.51. The number of amides is 1. The van der Waals surface area contributed by atoms with E-state index in [1.54, 1.807) is 11.1 Å². The van der Waals surface area contributed by atoms with Crippen molar-refractivity contribution in [3.05, 3.63) is 85.1 Å². The Morgan fingerprint density at radius 1 is 1.11 bits per heavy atom. The highest BCUT2D eigenvalue weighted by Gasteiger charge is 2.24. The van der Waals surface area contributed by atoms with Crippen molar-refractivity contribution in [2.24, 2.45) is 4.99 Å². The van der Waals surface area contributed by atoms with Crippen molar-refractivity contribution in [3.8, 4) is 11.5 Å². The molecule has 1 aromatic heterocycles. The number of hydrogen-bond donors (Lipinski definition) is 2. The molecule has 2 heterocycles. The van der Waals surface area contributed by atoms with Crippen LogP contribution in [0.5, 0.6) is 11.5 Å². The predicted octanol–water partition coefficient (Wildman–Crippen LogP) is 4.16. The van der Waals surface area contributed by atoms with Crippen LogP contribution in [0.3, 0.4) is 0 Å². The van der Waals surface area contributed by atoms with Gasteiger partial charge >= 0.3 is 0 Å². The maximum atomic E-state index is 12.0. The van der Waals surface area contributed by atoms with Gasteiger partial charge in [-0.1, -0.05) is 24.8 Å². The largest absolute Gasteiger partial charge is 0.457 e. The van der Waals surface area contributed by atoms with Gasteiger partial charge in [0.1, 0.15) is 29.8 Å². The molecule has 134 valence electrons. The Balaban J connectivity index is 1.49. The number of anilines is 2. The molecule has 0 unspecified atom stereocenters. The van der Waals surface area contributed by atoms with Gasteiger partial charge in [-0.05, 0) is 48.5 Å². The normalized spacial score (nSPS) is 12.7. The Hall–Kier alpha value is -3.80. The van der Waals surface area contributed by atoms with E-state index in [-0.39, 0.29) is 12.6 Å². The maximum Gasteiger partial charge on any atom is 0.253 e. The van der Waals surface area contributed by atoms with E-state index in [1.165, 1.54) is 6.08 Å². The Bertz CT molecular complexity index is 991. The summed E-state index contributed by atoms with van der Waals surface area (Å²) in [6, 6.07) is 19.2. The van der Waals surface area contributed by atoms with E-state index < -0.39 is 0 Å². The van der Waals surface area contributed by atoms with Gasteiger partial charge in [0, 0.05) is 11.9 Å². The summed E-state index contributed by atoms with van der Waals surface area (Å²) in [5.41, 5.74) is 1.71. The quantitative estimate of drug-likeness (QED) is 0.688. The highest BCUT2D eigenvalue weighted by molar-refractivity contribution is 6.15. The Morgan fingerprint density at radius 2 is 1.85 bits per heavy atom. The third-order valence-corrected chi connectivity index (χ3v) is 4.16. The number of nitrogens with zero attached hydrogens (tertiary/aromatic N) is 2. The number of hydrogen-bond acceptors (Lipinski definition) is 4. The van der Waals surface area contributed by atoms with Gasteiger partial charge < -0.3 is 15.0 Å². The molecule has 0 bridgehead atoms. The third-order valence-electron chi connectivity index (χ3n) is 4.16. The van der Waals surface area contributed by atoms with Crippen LogP contribution >= 0.6 is 0 Å². The van der Waals surface area contributed by atoms with Gasteiger partial charge in [-0.25, -0.2) is 4.99 Å². The van der Waals surface area contributed by atoms with Crippen LogP contribution in [0.2, 0.25) is 0 Å². The van der Waals surface area contributed by atoms with Crippen LogP contribution in [0.15, 0.2) is 84.5 Å². The minimum Gasteiger partial charge on any atom is -0.457 e. The van der Waals surface area contributed by atoms with E-state index in [0.717, 1.165) is 22.7 Å². The second-order valence-electron chi connectivity index (χ2n) is 5.92. The molecular weight excluding hydrogens is 340 g/mol. The number of carbonyl (C=O) groups excluding carboxylic acids is 1. The second kappa shape index (κ2) is 7.21. The van der Waals surface area contributed by atoms with Crippen molar-refractivity contribution >= 4 is 23.2 Å². The molecule has 6 heteroatoms. The van der Waals surface area contributed by atoms with Crippen molar-refractivity contribution in [2.75, 3.05) is 16.9 Å². The molecule has 0 fully saturated rings. The van der Waals surface area contributed by atoms with Gasteiger partial charge in [-0.2, -0.15) is 0 Å². The zero-order valence-electron chi connectivity index (χ0n) is 14.6.